The Morgan fingerprint density at radius 1 is 1.50 bits per heavy atom. The van der Waals surface area contributed by atoms with Crippen LogP contribution in [0.5, 0.6) is 5.75 Å². The highest BCUT2D eigenvalue weighted by atomic mass is 32.1. The summed E-state index contributed by atoms with van der Waals surface area (Å²) in [7, 11) is 1.59. The Morgan fingerprint density at radius 2 is 2.17 bits per heavy atom. The summed E-state index contributed by atoms with van der Waals surface area (Å²) in [5, 5.41) is 4.31. The number of hydrogen-bond acceptors (Lipinski definition) is 5. The normalized spacial score (nSPS) is 15.6. The van der Waals surface area contributed by atoms with Crippen molar-refractivity contribution >= 4 is 27.8 Å². The molecule has 1 fully saturated rings. The van der Waals surface area contributed by atoms with Crippen molar-refractivity contribution in [3.63, 3.8) is 0 Å². The summed E-state index contributed by atoms with van der Waals surface area (Å²) in [6.07, 6.45) is 3.61. The number of nitrogens with one attached hydrogen (secondary N) is 1. The van der Waals surface area contributed by atoms with Gasteiger partial charge >= 0.3 is 0 Å². The van der Waals surface area contributed by atoms with E-state index in [9.17, 15) is 4.79 Å². The number of carbonyl (C=O) groups excluding carboxylic acids is 1. The maximum atomic E-state index is 12.1. The Labute approximate surface area is 112 Å². The summed E-state index contributed by atoms with van der Waals surface area (Å²) in [6.45, 7) is 3.76. The molecule has 5 heteroatoms. The average Bonchev–Trinajstić information content (AvgIpc) is 2.59. The predicted molar refractivity (Wildman–Crippen MR) is 75.7 cm³/mol. The maximum absolute atomic E-state index is 12.1. The van der Waals surface area contributed by atoms with E-state index in [-0.39, 0.29) is 11.7 Å². The summed E-state index contributed by atoms with van der Waals surface area (Å²) < 4.78 is 5.33. The lowest BCUT2D eigenvalue weighted by atomic mass is 9.93. The van der Waals surface area contributed by atoms with Gasteiger partial charge in [-0.15, -0.1) is 11.3 Å². The molecule has 0 bridgehead atoms. The third-order valence-electron chi connectivity index (χ3n) is 3.29. The molecule has 4 nitrogen and oxygen atoms in total. The zero-order chi connectivity index (χ0) is 13.3. The standard InChI is InChI=1S/C13H20N2O2S/c1-7(2)10(16)12-9(14)11(17-3)13(18-12)15-8-5-4-6-8/h7-8,15H,4-6,14H2,1-3H3. The Hall–Kier alpha value is -1.23. The Bertz CT molecular complexity index is 450. The third kappa shape index (κ3) is 2.32. The highest BCUT2D eigenvalue weighted by molar-refractivity contribution is 7.19. The Kier molecular flexibility index (Phi) is 3.80. The summed E-state index contributed by atoms with van der Waals surface area (Å²) in [5.74, 6) is 0.653. The first-order chi connectivity index (χ1) is 8.54. The van der Waals surface area contributed by atoms with E-state index in [1.165, 1.54) is 30.6 Å². The zero-order valence-electron chi connectivity index (χ0n) is 11.1. The average molecular weight is 268 g/mol. The van der Waals surface area contributed by atoms with Crippen LogP contribution in [0.1, 0.15) is 42.8 Å². The maximum Gasteiger partial charge on any atom is 0.177 e. The van der Waals surface area contributed by atoms with E-state index in [0.29, 0.717) is 22.4 Å². The molecule has 1 aliphatic carbocycles. The van der Waals surface area contributed by atoms with Crippen LogP contribution in [0.25, 0.3) is 0 Å². The molecule has 1 heterocycles. The smallest absolute Gasteiger partial charge is 0.177 e. The molecule has 0 atom stereocenters. The first-order valence-corrected chi connectivity index (χ1v) is 7.13. The number of methoxy groups -OCH3 is 1. The van der Waals surface area contributed by atoms with Crippen LogP contribution in [0.3, 0.4) is 0 Å². The molecular weight excluding hydrogens is 248 g/mol. The van der Waals surface area contributed by atoms with Gasteiger partial charge in [0.05, 0.1) is 17.7 Å². The van der Waals surface area contributed by atoms with Crippen molar-refractivity contribution in [2.24, 2.45) is 5.92 Å². The number of carbonyl (C=O) groups is 1. The predicted octanol–water partition coefficient (Wildman–Crippen LogP) is 3.14. The third-order valence-corrected chi connectivity index (χ3v) is 4.42. The zero-order valence-corrected chi connectivity index (χ0v) is 11.9. The van der Waals surface area contributed by atoms with E-state index in [0.717, 1.165) is 5.00 Å². The van der Waals surface area contributed by atoms with E-state index in [2.05, 4.69) is 5.32 Å². The molecule has 1 saturated carbocycles. The number of Topliss-reactive ketones (excluding diaryl/α,β-unsaturated/α-hetero) is 1. The fourth-order valence-electron chi connectivity index (χ4n) is 1.91. The number of anilines is 2. The van der Waals surface area contributed by atoms with Crippen LogP contribution in [0.15, 0.2) is 0 Å². The van der Waals surface area contributed by atoms with Crippen molar-refractivity contribution < 1.29 is 9.53 Å². The highest BCUT2D eigenvalue weighted by Gasteiger charge is 2.26. The van der Waals surface area contributed by atoms with E-state index in [4.69, 9.17) is 10.5 Å². The van der Waals surface area contributed by atoms with E-state index in [1.54, 1.807) is 7.11 Å². The molecule has 0 saturated heterocycles. The van der Waals surface area contributed by atoms with Crippen molar-refractivity contribution in [3.05, 3.63) is 4.88 Å². The van der Waals surface area contributed by atoms with Gasteiger partial charge in [-0.25, -0.2) is 0 Å². The van der Waals surface area contributed by atoms with Crippen LogP contribution in [-0.2, 0) is 0 Å². The first-order valence-electron chi connectivity index (χ1n) is 6.31. The van der Waals surface area contributed by atoms with Gasteiger partial charge in [-0.3, -0.25) is 4.79 Å². The van der Waals surface area contributed by atoms with Gasteiger partial charge in [0, 0.05) is 12.0 Å². The molecule has 0 aliphatic heterocycles. The number of nitrogens with two attached hydrogens (primary N) is 1. The van der Waals surface area contributed by atoms with E-state index < -0.39 is 0 Å². The molecule has 0 amide bonds. The second-order valence-corrected chi connectivity index (χ2v) is 6.02. The number of thiophene rings is 1. The molecule has 2 rings (SSSR count). The molecule has 0 aromatic carbocycles. The SMILES string of the molecule is COc1c(NC2CCC2)sc(C(=O)C(C)C)c1N. The minimum Gasteiger partial charge on any atom is -0.492 e. The summed E-state index contributed by atoms with van der Waals surface area (Å²) in [4.78, 5) is 12.7. The van der Waals surface area contributed by atoms with Gasteiger partial charge in [-0.1, -0.05) is 13.8 Å². The first kappa shape index (κ1) is 13.2. The lowest BCUT2D eigenvalue weighted by molar-refractivity contribution is 0.0944. The minimum absolute atomic E-state index is 0.0489. The van der Waals surface area contributed by atoms with Crippen LogP contribution >= 0.6 is 11.3 Å². The van der Waals surface area contributed by atoms with Gasteiger partial charge in [0.2, 0.25) is 0 Å². The fourth-order valence-corrected chi connectivity index (χ4v) is 3.16. The molecule has 1 aromatic heterocycles. The molecule has 1 aliphatic rings. The number of hydrogen-bond donors (Lipinski definition) is 2. The molecular formula is C13H20N2O2S. The second-order valence-electron chi connectivity index (χ2n) is 5.00. The topological polar surface area (TPSA) is 64.3 Å². The van der Waals surface area contributed by atoms with E-state index >= 15 is 0 Å². The molecule has 0 unspecified atom stereocenters. The van der Waals surface area contributed by atoms with Gasteiger partial charge in [0.25, 0.3) is 0 Å². The molecule has 0 radical (unpaired) electrons. The van der Waals surface area contributed by atoms with Gasteiger partial charge in [0.1, 0.15) is 5.00 Å². The molecule has 1 aromatic rings. The largest absolute Gasteiger partial charge is 0.492 e. The van der Waals surface area contributed by atoms with E-state index in [1.807, 2.05) is 13.8 Å². The van der Waals surface area contributed by atoms with Crippen molar-refractivity contribution in [3.8, 4) is 5.75 Å². The molecule has 18 heavy (non-hydrogen) atoms. The van der Waals surface area contributed by atoms with Gasteiger partial charge in [-0.05, 0) is 19.3 Å². The van der Waals surface area contributed by atoms with Gasteiger partial charge in [0.15, 0.2) is 11.5 Å². The minimum atomic E-state index is -0.0489. The molecule has 100 valence electrons. The number of ether oxygens (including phenoxy) is 1. The summed E-state index contributed by atoms with van der Waals surface area (Å²) in [5.41, 5.74) is 6.49. The lowest BCUT2D eigenvalue weighted by Gasteiger charge is -2.27. The lowest BCUT2D eigenvalue weighted by Crippen LogP contribution is -2.26. The van der Waals surface area contributed by atoms with Crippen molar-refractivity contribution in [2.75, 3.05) is 18.2 Å². The Morgan fingerprint density at radius 3 is 2.61 bits per heavy atom. The number of rotatable bonds is 5. The molecule has 3 N–H and O–H groups in total. The van der Waals surface area contributed by atoms with Crippen molar-refractivity contribution in [1.82, 2.24) is 0 Å². The quantitative estimate of drug-likeness (QED) is 0.805. The van der Waals surface area contributed by atoms with Crippen LogP contribution in [0.2, 0.25) is 0 Å². The van der Waals surface area contributed by atoms with Crippen molar-refractivity contribution in [2.45, 2.75) is 39.2 Å². The fraction of sp³-hybridized carbons (Fsp3) is 0.615. The molecule has 0 spiro atoms. The van der Waals surface area contributed by atoms with Crippen LogP contribution in [0.4, 0.5) is 10.7 Å². The van der Waals surface area contributed by atoms with Gasteiger partial charge < -0.3 is 15.8 Å². The summed E-state index contributed by atoms with van der Waals surface area (Å²) >= 11 is 1.41. The second kappa shape index (κ2) is 5.18. The summed E-state index contributed by atoms with van der Waals surface area (Å²) in [6, 6.07) is 0.499. The van der Waals surface area contributed by atoms with Crippen LogP contribution in [-0.4, -0.2) is 18.9 Å². The number of nitrogen functional groups attached to an aromatic ring is 1. The van der Waals surface area contributed by atoms with Gasteiger partial charge in [-0.2, -0.15) is 0 Å². The van der Waals surface area contributed by atoms with Crippen LogP contribution in [0, 0.1) is 5.92 Å². The monoisotopic (exact) mass is 268 g/mol. The highest BCUT2D eigenvalue weighted by Crippen LogP contribution is 2.44. The van der Waals surface area contributed by atoms with Crippen LogP contribution < -0.4 is 15.8 Å². The van der Waals surface area contributed by atoms with Crippen molar-refractivity contribution in [1.29, 1.82) is 0 Å². The number of ketones is 1. The Balaban J connectivity index is 2.28.